The highest BCUT2D eigenvalue weighted by Crippen LogP contribution is 2.39. The number of hydrogen-bond donors (Lipinski definition) is 3. The number of carbonyl (C=O) groups excluding carboxylic acids is 2. The molecule has 5 rings (SSSR count). The van der Waals surface area contributed by atoms with Crippen LogP contribution >= 0.6 is 0 Å². The molecule has 0 bridgehead atoms. The van der Waals surface area contributed by atoms with E-state index in [4.69, 9.17) is 15.2 Å². The maximum Gasteiger partial charge on any atom is 0.413 e. The Morgan fingerprint density at radius 2 is 2.11 bits per heavy atom. The van der Waals surface area contributed by atoms with E-state index >= 15 is 4.39 Å². The molecule has 0 saturated carbocycles. The summed E-state index contributed by atoms with van der Waals surface area (Å²) in [6.45, 7) is 5.00. The van der Waals surface area contributed by atoms with Gasteiger partial charge in [-0.2, -0.15) is 0 Å². The van der Waals surface area contributed by atoms with Crippen LogP contribution in [0.15, 0.2) is 24.5 Å². The fourth-order valence-corrected chi connectivity index (χ4v) is 4.58. The van der Waals surface area contributed by atoms with Gasteiger partial charge in [0.2, 0.25) is 11.8 Å². The number of fused-ring (bicyclic) bond motifs is 2. The topological polar surface area (TPSA) is 132 Å². The third-order valence-corrected chi connectivity index (χ3v) is 6.33. The van der Waals surface area contributed by atoms with Gasteiger partial charge in [0.25, 0.3) is 0 Å². The van der Waals surface area contributed by atoms with Crippen LogP contribution in [-0.2, 0) is 9.53 Å². The number of hydrogen-bond acceptors (Lipinski definition) is 8. The minimum absolute atomic E-state index is 0.0551. The molecule has 2 aromatic heterocycles. The molecule has 182 valence electrons. The maximum absolute atomic E-state index is 15.3. The van der Waals surface area contributed by atoms with Gasteiger partial charge in [0.15, 0.2) is 5.82 Å². The summed E-state index contributed by atoms with van der Waals surface area (Å²) >= 11 is 0. The number of amides is 2. The zero-order valence-electron chi connectivity index (χ0n) is 19.6. The fraction of sp³-hybridized carbons (Fsp3) is 0.333. The molecular formula is C24H25FN6O4. The first kappa shape index (κ1) is 22.6. The standard InChI is InChI=1S/C24H25FN6O4/c1-12-15(9-29-22-21(12)27-4-5-34-22)14-6-13-7-17(28-10-16(13)20(26)19(14)25)30-23(33)35-24(2)8-18(32)31(3)11-24/h6-7,9-10,27H,4-5,8,11,26H2,1-3H3,(H,28,30,33). The molecule has 3 aromatic rings. The molecule has 35 heavy (non-hydrogen) atoms. The molecule has 1 aromatic carbocycles. The van der Waals surface area contributed by atoms with E-state index in [2.05, 4.69) is 20.6 Å². The van der Waals surface area contributed by atoms with Crippen molar-refractivity contribution in [2.45, 2.75) is 25.9 Å². The number of rotatable bonds is 3. The molecule has 4 heterocycles. The van der Waals surface area contributed by atoms with Gasteiger partial charge in [0.1, 0.15) is 23.7 Å². The molecule has 1 fully saturated rings. The lowest BCUT2D eigenvalue weighted by molar-refractivity contribution is -0.126. The lowest BCUT2D eigenvalue weighted by Crippen LogP contribution is -2.36. The summed E-state index contributed by atoms with van der Waals surface area (Å²) in [6.07, 6.45) is 2.33. The molecule has 1 unspecified atom stereocenters. The number of nitrogens with one attached hydrogen (secondary N) is 2. The Morgan fingerprint density at radius 3 is 2.86 bits per heavy atom. The van der Waals surface area contributed by atoms with Crippen molar-refractivity contribution in [3.63, 3.8) is 0 Å². The Labute approximate surface area is 200 Å². The molecule has 0 radical (unpaired) electrons. The average molecular weight is 481 g/mol. The summed E-state index contributed by atoms with van der Waals surface area (Å²) in [4.78, 5) is 34.3. The number of pyridine rings is 2. The fourth-order valence-electron chi connectivity index (χ4n) is 4.58. The number of likely N-dealkylation sites (N-methyl/N-ethyl adjacent to an activating group) is 1. The SMILES string of the molecule is Cc1c(-c2cc3cc(NC(=O)OC4(C)CC(=O)N(C)C4)ncc3c(N)c2F)cnc2c1NCCO2. The molecular weight excluding hydrogens is 455 g/mol. The molecule has 4 N–H and O–H groups in total. The average Bonchev–Trinajstić information content (AvgIpc) is 3.07. The number of nitrogen functional groups attached to an aromatic ring is 1. The normalized spacial score (nSPS) is 19.2. The molecule has 2 amide bonds. The Balaban J connectivity index is 1.46. The van der Waals surface area contributed by atoms with Crippen LogP contribution in [0.2, 0.25) is 0 Å². The van der Waals surface area contributed by atoms with Gasteiger partial charge < -0.3 is 25.4 Å². The zero-order valence-corrected chi connectivity index (χ0v) is 19.6. The van der Waals surface area contributed by atoms with Crippen LogP contribution in [0, 0.1) is 12.7 Å². The highest BCUT2D eigenvalue weighted by Gasteiger charge is 2.41. The highest BCUT2D eigenvalue weighted by molar-refractivity contribution is 5.99. The number of anilines is 3. The predicted octanol–water partition coefficient (Wildman–Crippen LogP) is 3.30. The second kappa shape index (κ2) is 8.26. The van der Waals surface area contributed by atoms with Crippen LogP contribution in [0.25, 0.3) is 21.9 Å². The van der Waals surface area contributed by atoms with Gasteiger partial charge in [-0.15, -0.1) is 0 Å². The largest absolute Gasteiger partial charge is 0.474 e. The van der Waals surface area contributed by atoms with Crippen molar-refractivity contribution in [2.75, 3.05) is 43.1 Å². The minimum Gasteiger partial charge on any atom is -0.474 e. The van der Waals surface area contributed by atoms with Gasteiger partial charge in [0, 0.05) is 42.5 Å². The van der Waals surface area contributed by atoms with Crippen molar-refractivity contribution in [2.24, 2.45) is 0 Å². The monoisotopic (exact) mass is 480 g/mol. The number of likely N-dealkylation sites (tertiary alicyclic amines) is 1. The third kappa shape index (κ3) is 4.02. The molecule has 10 nitrogen and oxygen atoms in total. The van der Waals surface area contributed by atoms with Gasteiger partial charge in [-0.05, 0) is 36.9 Å². The van der Waals surface area contributed by atoms with Crippen molar-refractivity contribution in [3.05, 3.63) is 35.9 Å². The summed E-state index contributed by atoms with van der Waals surface area (Å²) in [5.74, 6) is 0.00707. The quantitative estimate of drug-likeness (QED) is 0.487. The first-order valence-electron chi connectivity index (χ1n) is 11.1. The van der Waals surface area contributed by atoms with Crippen molar-refractivity contribution < 1.29 is 23.5 Å². The van der Waals surface area contributed by atoms with Crippen LogP contribution < -0.4 is 21.1 Å². The number of aromatic nitrogens is 2. The van der Waals surface area contributed by atoms with E-state index in [1.807, 2.05) is 6.92 Å². The van der Waals surface area contributed by atoms with Crippen molar-refractivity contribution in [1.29, 1.82) is 0 Å². The molecule has 1 saturated heterocycles. The van der Waals surface area contributed by atoms with Crippen LogP contribution in [-0.4, -0.2) is 59.2 Å². The van der Waals surface area contributed by atoms with Gasteiger partial charge in [-0.1, -0.05) is 0 Å². The van der Waals surface area contributed by atoms with E-state index in [0.717, 1.165) is 11.3 Å². The van der Waals surface area contributed by atoms with Crippen LogP contribution in [0.3, 0.4) is 0 Å². The number of ether oxygens (including phenoxy) is 2. The van der Waals surface area contributed by atoms with Gasteiger partial charge in [-0.25, -0.2) is 19.2 Å². The van der Waals surface area contributed by atoms with Crippen LogP contribution in [0.1, 0.15) is 18.9 Å². The predicted molar refractivity (Wildman–Crippen MR) is 129 cm³/mol. The molecule has 11 heteroatoms. The Hall–Kier alpha value is -4.15. The Bertz CT molecular complexity index is 1380. The zero-order chi connectivity index (χ0) is 24.9. The summed E-state index contributed by atoms with van der Waals surface area (Å²) in [6, 6.07) is 3.23. The Kier molecular flexibility index (Phi) is 5.34. The molecule has 0 aliphatic carbocycles. The lowest BCUT2D eigenvalue weighted by atomic mass is 9.97. The number of benzene rings is 1. The van der Waals surface area contributed by atoms with Gasteiger partial charge >= 0.3 is 6.09 Å². The Morgan fingerprint density at radius 1 is 1.31 bits per heavy atom. The van der Waals surface area contributed by atoms with Crippen molar-refractivity contribution in [1.82, 2.24) is 14.9 Å². The minimum atomic E-state index is -0.928. The first-order chi connectivity index (χ1) is 16.6. The molecule has 2 aliphatic heterocycles. The second-order valence-corrected chi connectivity index (χ2v) is 9.09. The van der Waals surface area contributed by atoms with E-state index < -0.39 is 17.5 Å². The van der Waals surface area contributed by atoms with Gasteiger partial charge in [-0.3, -0.25) is 10.1 Å². The van der Waals surface area contributed by atoms with E-state index in [1.54, 1.807) is 32.3 Å². The van der Waals surface area contributed by atoms with Gasteiger partial charge in [0.05, 0.1) is 18.7 Å². The summed E-state index contributed by atoms with van der Waals surface area (Å²) in [5, 5.41) is 6.81. The van der Waals surface area contributed by atoms with Crippen LogP contribution in [0.5, 0.6) is 5.88 Å². The maximum atomic E-state index is 15.3. The summed E-state index contributed by atoms with van der Waals surface area (Å²) in [7, 11) is 1.66. The van der Waals surface area contributed by atoms with E-state index in [-0.39, 0.29) is 29.4 Å². The van der Waals surface area contributed by atoms with Crippen molar-refractivity contribution >= 4 is 40.0 Å². The number of carbonyl (C=O) groups is 2. The smallest absolute Gasteiger partial charge is 0.413 e. The van der Waals surface area contributed by atoms with Crippen LogP contribution in [0.4, 0.5) is 26.4 Å². The number of halogens is 1. The van der Waals surface area contributed by atoms with Crippen molar-refractivity contribution in [3.8, 4) is 17.0 Å². The molecule has 1 atom stereocenters. The van der Waals surface area contributed by atoms with E-state index in [0.29, 0.717) is 41.9 Å². The summed E-state index contributed by atoms with van der Waals surface area (Å²) < 4.78 is 26.4. The second-order valence-electron chi connectivity index (χ2n) is 9.09. The lowest BCUT2D eigenvalue weighted by Gasteiger charge is -2.23. The highest BCUT2D eigenvalue weighted by atomic mass is 19.1. The van der Waals surface area contributed by atoms with E-state index in [9.17, 15) is 9.59 Å². The number of nitrogens with two attached hydrogens (primary N) is 1. The van der Waals surface area contributed by atoms with E-state index in [1.165, 1.54) is 11.1 Å². The molecule has 2 aliphatic rings. The first-order valence-corrected chi connectivity index (χ1v) is 11.1. The number of nitrogens with zero attached hydrogens (tertiary/aromatic N) is 3. The third-order valence-electron chi connectivity index (χ3n) is 6.33. The molecule has 0 spiro atoms. The summed E-state index contributed by atoms with van der Waals surface area (Å²) in [5.41, 5.74) is 7.49.